The van der Waals surface area contributed by atoms with Crippen molar-refractivity contribution >= 4 is 12.4 Å². The van der Waals surface area contributed by atoms with E-state index in [2.05, 4.69) is 10.2 Å². The summed E-state index contributed by atoms with van der Waals surface area (Å²) in [5.41, 5.74) is 0. The number of nitrogens with zero attached hydrogens (tertiary/aromatic N) is 2. The number of rotatable bonds is 0. The monoisotopic (exact) mass is 134 g/mol. The van der Waals surface area contributed by atoms with E-state index in [9.17, 15) is 0 Å². The molecule has 0 bridgehead atoms. The van der Waals surface area contributed by atoms with Crippen LogP contribution in [0.25, 0.3) is 0 Å². The zero-order chi connectivity index (χ0) is 7.07. The predicted octanol–water partition coefficient (Wildman–Crippen LogP) is 1.95. The highest BCUT2D eigenvalue weighted by molar-refractivity contribution is 5.63. The average Bonchev–Trinajstić information content (AvgIpc) is 2.01. The van der Waals surface area contributed by atoms with Crippen LogP contribution in [0.15, 0.2) is 34.5 Å². The Morgan fingerprint density at radius 2 is 1.30 bits per heavy atom. The number of hydrogen-bond acceptors (Lipinski definition) is 2. The molecule has 0 amide bonds. The molecule has 1 aliphatic rings. The minimum Gasteiger partial charge on any atom is -0.164 e. The van der Waals surface area contributed by atoms with E-state index in [-0.39, 0.29) is 0 Å². The molecule has 2 nitrogen and oxygen atoms in total. The molecule has 0 fully saturated rings. The van der Waals surface area contributed by atoms with Crippen LogP contribution in [-0.2, 0) is 0 Å². The highest BCUT2D eigenvalue weighted by atomic mass is 15.2. The molecule has 0 spiro atoms. The van der Waals surface area contributed by atoms with E-state index < -0.39 is 0 Å². The van der Waals surface area contributed by atoms with E-state index in [0.29, 0.717) is 0 Å². The van der Waals surface area contributed by atoms with Crippen LogP contribution in [0.3, 0.4) is 0 Å². The quantitative estimate of drug-likeness (QED) is 0.483. The Bertz CT molecular complexity index is 145. The molecule has 10 heavy (non-hydrogen) atoms. The van der Waals surface area contributed by atoms with Crippen molar-refractivity contribution in [3.8, 4) is 0 Å². The van der Waals surface area contributed by atoms with Crippen LogP contribution in [0, 0.1) is 0 Å². The Morgan fingerprint density at radius 1 is 0.800 bits per heavy atom. The maximum Gasteiger partial charge on any atom is 0.0307 e. The van der Waals surface area contributed by atoms with Crippen molar-refractivity contribution in [3.05, 3.63) is 24.3 Å². The summed E-state index contributed by atoms with van der Waals surface area (Å²) in [4.78, 5) is 0. The summed E-state index contributed by atoms with van der Waals surface area (Å²) in [5, 5.41) is 7.58. The van der Waals surface area contributed by atoms with Crippen LogP contribution in [0.1, 0.15) is 12.8 Å². The van der Waals surface area contributed by atoms with Gasteiger partial charge in [-0.3, -0.25) is 0 Å². The molecule has 0 radical (unpaired) electrons. The lowest BCUT2D eigenvalue weighted by Gasteiger charge is -1.82. The Balaban J connectivity index is 2.50. The van der Waals surface area contributed by atoms with Gasteiger partial charge in [-0.15, -0.1) is 0 Å². The molecular formula is C8H10N2. The maximum atomic E-state index is 3.79. The van der Waals surface area contributed by atoms with E-state index in [1.165, 1.54) is 0 Å². The Hall–Kier alpha value is -1.18. The Morgan fingerprint density at radius 3 is 1.80 bits per heavy atom. The van der Waals surface area contributed by atoms with Crippen molar-refractivity contribution in [1.82, 2.24) is 0 Å². The molecule has 0 aliphatic carbocycles. The highest BCUT2D eigenvalue weighted by Crippen LogP contribution is 1.87. The van der Waals surface area contributed by atoms with E-state index in [1.807, 2.05) is 24.3 Å². The average molecular weight is 134 g/mol. The van der Waals surface area contributed by atoms with Gasteiger partial charge in [-0.2, -0.15) is 10.2 Å². The van der Waals surface area contributed by atoms with Crippen molar-refractivity contribution in [3.63, 3.8) is 0 Å². The van der Waals surface area contributed by atoms with Crippen molar-refractivity contribution in [1.29, 1.82) is 0 Å². The third kappa shape index (κ3) is 2.97. The fourth-order valence-electron chi connectivity index (χ4n) is 0.625. The largest absolute Gasteiger partial charge is 0.164 e. The van der Waals surface area contributed by atoms with E-state index in [4.69, 9.17) is 0 Å². The maximum absolute atomic E-state index is 3.79. The van der Waals surface area contributed by atoms with Gasteiger partial charge in [0.25, 0.3) is 0 Å². The van der Waals surface area contributed by atoms with Gasteiger partial charge in [-0.1, -0.05) is 24.3 Å². The zero-order valence-electron chi connectivity index (χ0n) is 5.77. The van der Waals surface area contributed by atoms with Crippen LogP contribution in [0.4, 0.5) is 0 Å². The first-order valence-electron chi connectivity index (χ1n) is 3.35. The molecule has 0 atom stereocenters. The molecule has 0 N–H and O–H groups in total. The van der Waals surface area contributed by atoms with E-state index in [0.717, 1.165) is 12.8 Å². The summed E-state index contributed by atoms with van der Waals surface area (Å²) in [6.07, 6.45) is 13.4. The number of hydrogen-bond donors (Lipinski definition) is 0. The molecule has 0 saturated carbocycles. The molecule has 1 rings (SSSR count). The van der Waals surface area contributed by atoms with Crippen molar-refractivity contribution in [2.45, 2.75) is 12.8 Å². The standard InChI is InChI=1S/C8H10N2/c1-2-4-6-8-10-9-7-5-3-1/h1-4,7-8H,5-6H2/b3-1-,4-2-,9-7-,10-8-. The lowest BCUT2D eigenvalue weighted by atomic mass is 10.3. The highest BCUT2D eigenvalue weighted by Gasteiger charge is 1.74. The van der Waals surface area contributed by atoms with Crippen molar-refractivity contribution in [2.24, 2.45) is 10.2 Å². The minimum atomic E-state index is 0.863. The first kappa shape index (κ1) is 6.93. The Kier molecular flexibility index (Phi) is 3.24. The van der Waals surface area contributed by atoms with Gasteiger partial charge in [-0.05, 0) is 0 Å². The summed E-state index contributed by atoms with van der Waals surface area (Å²) in [5.74, 6) is 0. The van der Waals surface area contributed by atoms with Crippen molar-refractivity contribution in [2.75, 3.05) is 0 Å². The summed E-state index contributed by atoms with van der Waals surface area (Å²) in [7, 11) is 0. The third-order valence-electron chi connectivity index (χ3n) is 1.10. The molecule has 0 aromatic rings. The summed E-state index contributed by atoms with van der Waals surface area (Å²) < 4.78 is 0. The molecule has 1 heterocycles. The van der Waals surface area contributed by atoms with Crippen LogP contribution >= 0.6 is 0 Å². The molecule has 1 aliphatic heterocycles. The van der Waals surface area contributed by atoms with Crippen LogP contribution < -0.4 is 0 Å². The van der Waals surface area contributed by atoms with Gasteiger partial charge in [0.1, 0.15) is 0 Å². The smallest absolute Gasteiger partial charge is 0.0307 e. The molecule has 52 valence electrons. The molecule has 0 unspecified atom stereocenters. The SMILES string of the molecule is C1=C\C/C=N\N=C/C\C=C/1. The topological polar surface area (TPSA) is 24.7 Å². The van der Waals surface area contributed by atoms with Gasteiger partial charge in [0.2, 0.25) is 0 Å². The van der Waals surface area contributed by atoms with E-state index in [1.54, 1.807) is 12.4 Å². The van der Waals surface area contributed by atoms with Gasteiger partial charge in [0.05, 0.1) is 0 Å². The van der Waals surface area contributed by atoms with Gasteiger partial charge < -0.3 is 0 Å². The summed E-state index contributed by atoms with van der Waals surface area (Å²) in [6.45, 7) is 0. The van der Waals surface area contributed by atoms with E-state index >= 15 is 0 Å². The summed E-state index contributed by atoms with van der Waals surface area (Å²) >= 11 is 0. The van der Waals surface area contributed by atoms with Crippen LogP contribution in [0.5, 0.6) is 0 Å². The third-order valence-corrected chi connectivity index (χ3v) is 1.10. The Labute approximate surface area is 60.7 Å². The number of allylic oxidation sites excluding steroid dienone is 4. The van der Waals surface area contributed by atoms with Gasteiger partial charge in [0.15, 0.2) is 0 Å². The van der Waals surface area contributed by atoms with Crippen molar-refractivity contribution < 1.29 is 0 Å². The van der Waals surface area contributed by atoms with Gasteiger partial charge in [-0.25, -0.2) is 0 Å². The fraction of sp³-hybridized carbons (Fsp3) is 0.250. The zero-order valence-corrected chi connectivity index (χ0v) is 5.77. The predicted molar refractivity (Wildman–Crippen MR) is 44.5 cm³/mol. The molecule has 2 heteroatoms. The molecule has 0 aromatic carbocycles. The second kappa shape index (κ2) is 4.68. The molecular weight excluding hydrogens is 124 g/mol. The second-order valence-electron chi connectivity index (χ2n) is 1.92. The van der Waals surface area contributed by atoms with Gasteiger partial charge in [0, 0.05) is 25.3 Å². The lowest BCUT2D eigenvalue weighted by molar-refractivity contribution is 1.22. The normalized spacial score (nSPS) is 30.4. The summed E-state index contributed by atoms with van der Waals surface area (Å²) in [6, 6.07) is 0. The second-order valence-corrected chi connectivity index (χ2v) is 1.92. The van der Waals surface area contributed by atoms with Crippen LogP contribution in [0.2, 0.25) is 0 Å². The lowest BCUT2D eigenvalue weighted by Crippen LogP contribution is -1.73. The van der Waals surface area contributed by atoms with Gasteiger partial charge >= 0.3 is 0 Å². The first-order valence-corrected chi connectivity index (χ1v) is 3.35. The molecule has 0 saturated heterocycles. The minimum absolute atomic E-state index is 0.863. The van der Waals surface area contributed by atoms with Crippen LogP contribution in [-0.4, -0.2) is 12.4 Å². The fourth-order valence-corrected chi connectivity index (χ4v) is 0.625. The first-order chi connectivity index (χ1) is 5.00. The molecule has 0 aromatic heterocycles.